The van der Waals surface area contributed by atoms with E-state index in [1.807, 2.05) is 18.2 Å². The van der Waals surface area contributed by atoms with Gasteiger partial charge in [0.05, 0.1) is 6.10 Å². The number of aliphatic hydroxyl groups is 1. The summed E-state index contributed by atoms with van der Waals surface area (Å²) in [6, 6.07) is 0. The van der Waals surface area contributed by atoms with E-state index in [2.05, 4.69) is 6.92 Å². The lowest BCUT2D eigenvalue weighted by Gasteiger charge is -2.18. The Bertz CT molecular complexity index is 549. The molecule has 0 aromatic heterocycles. The second-order valence-electron chi connectivity index (χ2n) is 7.51. The molecule has 27 heavy (non-hydrogen) atoms. The lowest BCUT2D eigenvalue weighted by molar-refractivity contribution is -0.137. The molecule has 4 atom stereocenters. The third-order valence-electron chi connectivity index (χ3n) is 5.26. The number of unbranched alkanes of at least 4 members (excludes halogenated alkanes) is 3. The maximum Gasteiger partial charge on any atom is 0.303 e. The minimum absolute atomic E-state index is 0.0198. The summed E-state index contributed by atoms with van der Waals surface area (Å²) in [5, 5.41) is 18.7. The number of carbonyl (C=O) groups excluding carboxylic acids is 2. The van der Waals surface area contributed by atoms with E-state index < -0.39 is 12.1 Å². The van der Waals surface area contributed by atoms with E-state index in [9.17, 15) is 19.5 Å². The van der Waals surface area contributed by atoms with E-state index in [0.717, 1.165) is 19.3 Å². The van der Waals surface area contributed by atoms with Gasteiger partial charge in [0.15, 0.2) is 0 Å². The maximum absolute atomic E-state index is 12.4. The fourth-order valence-electron chi connectivity index (χ4n) is 3.66. The van der Waals surface area contributed by atoms with E-state index in [1.54, 1.807) is 6.08 Å². The van der Waals surface area contributed by atoms with Gasteiger partial charge in [-0.2, -0.15) is 0 Å². The maximum atomic E-state index is 12.4. The Labute approximate surface area is 162 Å². The SMILES string of the molecule is CCCCCC(O)/C=C/C1C(C(C)=O)CC(=O)C1C/C=C/CCCC(=O)O. The normalized spacial score (nSPS) is 24.1. The Kier molecular flexibility index (Phi) is 10.9. The highest BCUT2D eigenvalue weighted by atomic mass is 16.4. The first-order valence-electron chi connectivity index (χ1n) is 10.1. The van der Waals surface area contributed by atoms with Gasteiger partial charge in [-0.1, -0.05) is 50.5 Å². The van der Waals surface area contributed by atoms with Crippen LogP contribution in [0.15, 0.2) is 24.3 Å². The van der Waals surface area contributed by atoms with Gasteiger partial charge >= 0.3 is 5.97 Å². The number of carboxylic acids is 1. The number of allylic oxidation sites excluding steroid dienone is 3. The first-order valence-corrected chi connectivity index (χ1v) is 10.1. The van der Waals surface area contributed by atoms with Crippen molar-refractivity contribution in [3.63, 3.8) is 0 Å². The van der Waals surface area contributed by atoms with Gasteiger partial charge in [0.1, 0.15) is 11.6 Å². The predicted molar refractivity (Wildman–Crippen MR) is 105 cm³/mol. The van der Waals surface area contributed by atoms with Crippen LogP contribution in [0.5, 0.6) is 0 Å². The van der Waals surface area contributed by atoms with Gasteiger partial charge in [-0.05, 0) is 38.5 Å². The Hall–Kier alpha value is -1.75. The van der Waals surface area contributed by atoms with Crippen molar-refractivity contribution in [1.29, 1.82) is 0 Å². The molecule has 1 aliphatic carbocycles. The van der Waals surface area contributed by atoms with Crippen LogP contribution in [0.2, 0.25) is 0 Å². The Morgan fingerprint density at radius 2 is 1.96 bits per heavy atom. The highest BCUT2D eigenvalue weighted by Gasteiger charge is 2.42. The monoisotopic (exact) mass is 378 g/mol. The Morgan fingerprint density at radius 1 is 1.22 bits per heavy atom. The minimum Gasteiger partial charge on any atom is -0.481 e. The number of ketones is 2. The number of Topliss-reactive ketones (excluding diaryl/α,β-unsaturated/α-hetero) is 2. The summed E-state index contributed by atoms with van der Waals surface area (Å²) < 4.78 is 0. The summed E-state index contributed by atoms with van der Waals surface area (Å²) in [5.74, 6) is -1.40. The molecule has 0 amide bonds. The highest BCUT2D eigenvalue weighted by Crippen LogP contribution is 2.38. The molecule has 1 fully saturated rings. The molecule has 4 unspecified atom stereocenters. The zero-order chi connectivity index (χ0) is 20.2. The van der Waals surface area contributed by atoms with E-state index in [0.29, 0.717) is 25.7 Å². The molecule has 0 aromatic rings. The van der Waals surface area contributed by atoms with Crippen molar-refractivity contribution >= 4 is 17.5 Å². The number of carboxylic acid groups (broad SMARTS) is 1. The number of aliphatic hydroxyl groups excluding tert-OH is 1. The summed E-state index contributed by atoms with van der Waals surface area (Å²) in [6.07, 6.45) is 13.0. The molecule has 0 radical (unpaired) electrons. The molecule has 1 aliphatic rings. The van der Waals surface area contributed by atoms with Gasteiger partial charge in [-0.3, -0.25) is 14.4 Å². The second kappa shape index (κ2) is 12.6. The van der Waals surface area contributed by atoms with Crippen LogP contribution in [0.1, 0.15) is 71.6 Å². The largest absolute Gasteiger partial charge is 0.481 e. The molecule has 152 valence electrons. The van der Waals surface area contributed by atoms with Crippen LogP contribution in [-0.4, -0.2) is 33.9 Å². The first-order chi connectivity index (χ1) is 12.9. The molecule has 0 aliphatic heterocycles. The van der Waals surface area contributed by atoms with Crippen molar-refractivity contribution < 1.29 is 24.6 Å². The number of aliphatic carboxylic acids is 1. The average Bonchev–Trinajstić information content (AvgIpc) is 2.92. The van der Waals surface area contributed by atoms with Gasteiger partial charge in [0.2, 0.25) is 0 Å². The molecule has 5 heteroatoms. The third-order valence-corrected chi connectivity index (χ3v) is 5.26. The number of hydrogen-bond acceptors (Lipinski definition) is 4. The van der Waals surface area contributed by atoms with E-state index in [1.165, 1.54) is 6.92 Å². The summed E-state index contributed by atoms with van der Waals surface area (Å²) >= 11 is 0. The molecule has 0 spiro atoms. The molecule has 5 nitrogen and oxygen atoms in total. The number of rotatable bonds is 13. The molecular formula is C22H34O5. The van der Waals surface area contributed by atoms with Gasteiger partial charge in [-0.25, -0.2) is 0 Å². The van der Waals surface area contributed by atoms with Crippen molar-refractivity contribution in [2.24, 2.45) is 17.8 Å². The molecule has 1 saturated carbocycles. The summed E-state index contributed by atoms with van der Waals surface area (Å²) in [7, 11) is 0. The van der Waals surface area contributed by atoms with E-state index in [4.69, 9.17) is 5.11 Å². The predicted octanol–water partition coefficient (Wildman–Crippen LogP) is 4.10. The van der Waals surface area contributed by atoms with Gasteiger partial charge in [-0.15, -0.1) is 0 Å². The summed E-state index contributed by atoms with van der Waals surface area (Å²) in [4.78, 5) is 34.9. The van der Waals surface area contributed by atoms with Crippen molar-refractivity contribution in [1.82, 2.24) is 0 Å². The van der Waals surface area contributed by atoms with Crippen LogP contribution in [0.25, 0.3) is 0 Å². The minimum atomic E-state index is -0.804. The lowest BCUT2D eigenvalue weighted by Crippen LogP contribution is -2.20. The molecular weight excluding hydrogens is 344 g/mol. The van der Waals surface area contributed by atoms with Crippen LogP contribution in [-0.2, 0) is 14.4 Å². The zero-order valence-electron chi connectivity index (χ0n) is 16.6. The van der Waals surface area contributed by atoms with E-state index in [-0.39, 0.29) is 42.2 Å². The van der Waals surface area contributed by atoms with Crippen LogP contribution in [0, 0.1) is 17.8 Å². The molecule has 0 heterocycles. The summed E-state index contributed by atoms with van der Waals surface area (Å²) in [5.41, 5.74) is 0. The van der Waals surface area contributed by atoms with Gasteiger partial charge in [0.25, 0.3) is 0 Å². The van der Waals surface area contributed by atoms with Crippen molar-refractivity contribution in [2.75, 3.05) is 0 Å². The zero-order valence-corrected chi connectivity index (χ0v) is 16.6. The van der Waals surface area contributed by atoms with Gasteiger partial charge < -0.3 is 10.2 Å². The number of carbonyl (C=O) groups is 3. The number of hydrogen-bond donors (Lipinski definition) is 2. The van der Waals surface area contributed by atoms with E-state index >= 15 is 0 Å². The van der Waals surface area contributed by atoms with Crippen molar-refractivity contribution in [2.45, 2.75) is 77.7 Å². The molecule has 0 aromatic carbocycles. The van der Waals surface area contributed by atoms with Crippen LogP contribution in [0.4, 0.5) is 0 Å². The van der Waals surface area contributed by atoms with Crippen molar-refractivity contribution in [3.8, 4) is 0 Å². The topological polar surface area (TPSA) is 91.7 Å². The molecule has 0 saturated heterocycles. The third kappa shape index (κ3) is 8.65. The standard InChI is InChI=1S/C22H34O5/c1-3-4-7-10-17(24)13-14-18-19(21(25)15-20(18)16(2)23)11-8-5-6-9-12-22(26)27/h5,8,13-14,17-20,24H,3-4,6-7,9-12,15H2,1-2H3,(H,26,27)/b8-5+,14-13+. The first kappa shape index (κ1) is 23.3. The van der Waals surface area contributed by atoms with Crippen LogP contribution < -0.4 is 0 Å². The smallest absolute Gasteiger partial charge is 0.303 e. The van der Waals surface area contributed by atoms with Crippen molar-refractivity contribution in [3.05, 3.63) is 24.3 Å². The fraction of sp³-hybridized carbons (Fsp3) is 0.682. The Balaban J connectivity index is 2.66. The lowest BCUT2D eigenvalue weighted by atomic mass is 9.84. The molecule has 1 rings (SSSR count). The van der Waals surface area contributed by atoms with Crippen LogP contribution in [0.3, 0.4) is 0 Å². The van der Waals surface area contributed by atoms with Gasteiger partial charge in [0, 0.05) is 24.7 Å². The van der Waals surface area contributed by atoms with Crippen LogP contribution >= 0.6 is 0 Å². The Morgan fingerprint density at radius 3 is 2.59 bits per heavy atom. The fourth-order valence-corrected chi connectivity index (χ4v) is 3.66. The highest BCUT2D eigenvalue weighted by molar-refractivity contribution is 5.92. The second-order valence-corrected chi connectivity index (χ2v) is 7.51. The molecule has 0 bridgehead atoms. The quantitative estimate of drug-likeness (QED) is 0.372. The average molecular weight is 379 g/mol. The summed E-state index contributed by atoms with van der Waals surface area (Å²) in [6.45, 7) is 3.64. The molecule has 2 N–H and O–H groups in total.